The Balaban J connectivity index is 3.04. The van der Waals surface area contributed by atoms with Crippen molar-refractivity contribution in [3.8, 4) is 0 Å². The third-order valence-electron chi connectivity index (χ3n) is 1.66. The first-order valence-electron chi connectivity index (χ1n) is 3.73. The molecule has 1 heterocycles. The minimum atomic E-state index is -0.218. The summed E-state index contributed by atoms with van der Waals surface area (Å²) in [6.07, 6.45) is 1.70. The zero-order valence-electron chi connectivity index (χ0n) is 6.92. The molecule has 1 aromatic rings. The number of aromatic nitrogens is 1. The summed E-state index contributed by atoms with van der Waals surface area (Å²) >= 11 is 5.82. The highest BCUT2D eigenvalue weighted by Crippen LogP contribution is 2.19. The molecular weight excluding hydrogens is 174 g/mol. The summed E-state index contributed by atoms with van der Waals surface area (Å²) in [5.74, 6) is 0. The average molecular weight is 186 g/mol. The van der Waals surface area contributed by atoms with Crippen molar-refractivity contribution < 1.29 is 0 Å². The molecule has 1 aromatic heterocycles. The molecule has 0 amide bonds. The molecule has 0 saturated heterocycles. The molecule has 0 aliphatic heterocycles. The predicted molar refractivity (Wildman–Crippen MR) is 50.0 cm³/mol. The van der Waals surface area contributed by atoms with Crippen LogP contribution in [-0.4, -0.2) is 11.5 Å². The van der Waals surface area contributed by atoms with Gasteiger partial charge in [0.25, 0.3) is 0 Å². The molecule has 1 atom stereocenters. The largest absolute Gasteiger partial charge is 0.329 e. The fourth-order valence-electron chi connectivity index (χ4n) is 0.962. The molecule has 0 bridgehead atoms. The maximum Gasteiger partial charge on any atom is 0.133 e. The van der Waals surface area contributed by atoms with Gasteiger partial charge >= 0.3 is 0 Å². The second-order valence-electron chi connectivity index (χ2n) is 2.73. The van der Waals surface area contributed by atoms with Crippen molar-refractivity contribution in [2.45, 2.75) is 13.0 Å². The summed E-state index contributed by atoms with van der Waals surface area (Å²) in [6.45, 7) is 2.32. The summed E-state index contributed by atoms with van der Waals surface area (Å²) in [5.41, 5.74) is 13.0. The van der Waals surface area contributed by atoms with Gasteiger partial charge in [0, 0.05) is 24.3 Å². The van der Waals surface area contributed by atoms with Crippen molar-refractivity contribution in [3.05, 3.63) is 28.5 Å². The molecule has 1 unspecified atom stereocenters. The van der Waals surface area contributed by atoms with E-state index in [0.717, 1.165) is 11.1 Å². The second-order valence-corrected chi connectivity index (χ2v) is 3.09. The van der Waals surface area contributed by atoms with Gasteiger partial charge < -0.3 is 11.5 Å². The number of hydrogen-bond donors (Lipinski definition) is 2. The van der Waals surface area contributed by atoms with Crippen LogP contribution in [0, 0.1) is 6.92 Å². The van der Waals surface area contributed by atoms with E-state index in [1.165, 1.54) is 0 Å². The zero-order valence-corrected chi connectivity index (χ0v) is 7.67. The molecule has 0 aromatic carbocycles. The minimum absolute atomic E-state index is 0.218. The summed E-state index contributed by atoms with van der Waals surface area (Å²) < 4.78 is 0. The highest BCUT2D eigenvalue weighted by Gasteiger charge is 2.08. The van der Waals surface area contributed by atoms with Gasteiger partial charge in [-0.05, 0) is 18.6 Å². The molecule has 0 spiro atoms. The van der Waals surface area contributed by atoms with E-state index in [-0.39, 0.29) is 6.04 Å². The summed E-state index contributed by atoms with van der Waals surface area (Å²) in [6, 6.07) is 1.69. The van der Waals surface area contributed by atoms with Crippen LogP contribution in [0.4, 0.5) is 0 Å². The van der Waals surface area contributed by atoms with Crippen LogP contribution in [0.15, 0.2) is 12.3 Å². The second kappa shape index (κ2) is 3.85. The Morgan fingerprint density at radius 3 is 2.92 bits per heavy atom. The number of aryl methyl sites for hydroxylation is 1. The van der Waals surface area contributed by atoms with Gasteiger partial charge in [0.15, 0.2) is 0 Å². The normalized spacial score (nSPS) is 13.0. The maximum atomic E-state index is 5.82. The standard InChI is InChI=1S/C8H12ClN3/c1-5-2-6(7(11)3-10)8(9)12-4-5/h2,4,7H,3,10-11H2,1H3. The van der Waals surface area contributed by atoms with Gasteiger partial charge in [-0.1, -0.05) is 11.6 Å². The molecule has 0 aliphatic rings. The van der Waals surface area contributed by atoms with Crippen molar-refractivity contribution in [2.75, 3.05) is 6.54 Å². The van der Waals surface area contributed by atoms with Crippen molar-refractivity contribution in [2.24, 2.45) is 11.5 Å². The number of nitrogens with two attached hydrogens (primary N) is 2. The number of pyridine rings is 1. The lowest BCUT2D eigenvalue weighted by Gasteiger charge is -2.10. The quantitative estimate of drug-likeness (QED) is 0.676. The topological polar surface area (TPSA) is 64.9 Å². The smallest absolute Gasteiger partial charge is 0.133 e. The van der Waals surface area contributed by atoms with Crippen molar-refractivity contribution in [1.82, 2.24) is 4.98 Å². The molecule has 0 aliphatic carbocycles. The highest BCUT2D eigenvalue weighted by molar-refractivity contribution is 6.30. The van der Waals surface area contributed by atoms with Crippen LogP contribution in [-0.2, 0) is 0 Å². The monoisotopic (exact) mass is 185 g/mol. The molecule has 12 heavy (non-hydrogen) atoms. The minimum Gasteiger partial charge on any atom is -0.329 e. The van der Waals surface area contributed by atoms with Crippen LogP contribution >= 0.6 is 11.6 Å². The lowest BCUT2D eigenvalue weighted by atomic mass is 10.1. The maximum absolute atomic E-state index is 5.82. The van der Waals surface area contributed by atoms with E-state index in [2.05, 4.69) is 4.98 Å². The molecular formula is C8H12ClN3. The predicted octanol–water partition coefficient (Wildman–Crippen LogP) is 1.00. The van der Waals surface area contributed by atoms with Gasteiger partial charge in [-0.3, -0.25) is 0 Å². The lowest BCUT2D eigenvalue weighted by molar-refractivity contribution is 0.732. The zero-order chi connectivity index (χ0) is 9.14. The van der Waals surface area contributed by atoms with Crippen LogP contribution in [0.3, 0.4) is 0 Å². The van der Waals surface area contributed by atoms with E-state index in [1.54, 1.807) is 6.20 Å². The summed E-state index contributed by atoms with van der Waals surface area (Å²) in [7, 11) is 0. The van der Waals surface area contributed by atoms with Crippen molar-refractivity contribution in [1.29, 1.82) is 0 Å². The summed E-state index contributed by atoms with van der Waals surface area (Å²) in [5, 5.41) is 0.443. The van der Waals surface area contributed by atoms with E-state index in [0.29, 0.717) is 11.7 Å². The Labute approximate surface area is 76.7 Å². The molecule has 3 nitrogen and oxygen atoms in total. The SMILES string of the molecule is Cc1cnc(Cl)c(C(N)CN)c1. The Hall–Kier alpha value is -0.640. The Bertz CT molecular complexity index is 275. The Morgan fingerprint density at radius 1 is 1.67 bits per heavy atom. The van der Waals surface area contributed by atoms with Crippen LogP contribution in [0.25, 0.3) is 0 Å². The van der Waals surface area contributed by atoms with E-state index < -0.39 is 0 Å². The first-order chi connectivity index (χ1) is 5.65. The van der Waals surface area contributed by atoms with E-state index in [9.17, 15) is 0 Å². The highest BCUT2D eigenvalue weighted by atomic mass is 35.5. The van der Waals surface area contributed by atoms with Gasteiger partial charge in [-0.15, -0.1) is 0 Å². The number of halogens is 1. The molecule has 0 radical (unpaired) electrons. The van der Waals surface area contributed by atoms with Gasteiger partial charge in [-0.2, -0.15) is 0 Å². The van der Waals surface area contributed by atoms with Crippen LogP contribution in [0.1, 0.15) is 17.2 Å². The Morgan fingerprint density at radius 2 is 2.33 bits per heavy atom. The third kappa shape index (κ3) is 1.94. The molecule has 0 saturated carbocycles. The van der Waals surface area contributed by atoms with E-state index in [4.69, 9.17) is 23.1 Å². The molecule has 1 rings (SSSR count). The first kappa shape index (κ1) is 9.45. The molecule has 4 heteroatoms. The van der Waals surface area contributed by atoms with Crippen LogP contribution in [0.5, 0.6) is 0 Å². The van der Waals surface area contributed by atoms with Gasteiger partial charge in [0.05, 0.1) is 0 Å². The fourth-order valence-corrected chi connectivity index (χ4v) is 1.21. The van der Waals surface area contributed by atoms with Crippen LogP contribution in [0.2, 0.25) is 5.15 Å². The Kier molecular flexibility index (Phi) is 3.03. The summed E-state index contributed by atoms with van der Waals surface area (Å²) in [4.78, 5) is 3.98. The van der Waals surface area contributed by atoms with Gasteiger partial charge in [0.2, 0.25) is 0 Å². The van der Waals surface area contributed by atoms with Gasteiger partial charge in [0.1, 0.15) is 5.15 Å². The average Bonchev–Trinajstić information content (AvgIpc) is 2.08. The van der Waals surface area contributed by atoms with Gasteiger partial charge in [-0.25, -0.2) is 4.98 Å². The number of nitrogens with zero attached hydrogens (tertiary/aromatic N) is 1. The number of rotatable bonds is 2. The van der Waals surface area contributed by atoms with Crippen LogP contribution < -0.4 is 11.5 Å². The van der Waals surface area contributed by atoms with E-state index >= 15 is 0 Å². The molecule has 4 N–H and O–H groups in total. The molecule has 0 fully saturated rings. The number of hydrogen-bond acceptors (Lipinski definition) is 3. The third-order valence-corrected chi connectivity index (χ3v) is 1.97. The first-order valence-corrected chi connectivity index (χ1v) is 4.10. The fraction of sp³-hybridized carbons (Fsp3) is 0.375. The van der Waals surface area contributed by atoms with E-state index in [1.807, 2.05) is 13.0 Å². The van der Waals surface area contributed by atoms with Crippen molar-refractivity contribution >= 4 is 11.6 Å². The molecule has 66 valence electrons. The lowest BCUT2D eigenvalue weighted by Crippen LogP contribution is -2.21. The van der Waals surface area contributed by atoms with Crippen molar-refractivity contribution in [3.63, 3.8) is 0 Å².